The second-order valence-electron chi connectivity index (χ2n) is 4.29. The highest BCUT2D eigenvalue weighted by Gasteiger charge is 2.28. The van der Waals surface area contributed by atoms with Gasteiger partial charge in [0.1, 0.15) is 5.75 Å². The molecule has 21 heavy (non-hydrogen) atoms. The number of halogens is 3. The van der Waals surface area contributed by atoms with Crippen LogP contribution in [0.2, 0.25) is 0 Å². The van der Waals surface area contributed by atoms with Gasteiger partial charge < -0.3 is 9.84 Å². The normalized spacial score (nSPS) is 11.2. The first kappa shape index (κ1) is 14.9. The third-order valence-corrected chi connectivity index (χ3v) is 2.70. The second kappa shape index (κ2) is 5.87. The third kappa shape index (κ3) is 3.98. The molecule has 0 fully saturated rings. The van der Waals surface area contributed by atoms with Crippen molar-refractivity contribution in [3.8, 4) is 16.9 Å². The van der Waals surface area contributed by atoms with Crippen molar-refractivity contribution in [3.05, 3.63) is 54.1 Å². The van der Waals surface area contributed by atoms with Crippen molar-refractivity contribution in [2.75, 3.05) is 6.61 Å². The Balaban J connectivity index is 2.35. The van der Waals surface area contributed by atoms with Crippen LogP contribution in [0.3, 0.4) is 0 Å². The monoisotopic (exact) mass is 296 g/mol. The van der Waals surface area contributed by atoms with Gasteiger partial charge in [-0.25, -0.2) is 4.79 Å². The summed E-state index contributed by atoms with van der Waals surface area (Å²) in [5, 5.41) is 8.96. The fourth-order valence-corrected chi connectivity index (χ4v) is 1.81. The molecule has 6 heteroatoms. The number of benzene rings is 2. The summed E-state index contributed by atoms with van der Waals surface area (Å²) in [4.78, 5) is 10.9. The fourth-order valence-electron chi connectivity index (χ4n) is 1.81. The predicted octanol–water partition coefficient (Wildman–Crippen LogP) is 3.99. The van der Waals surface area contributed by atoms with Gasteiger partial charge in [-0.3, -0.25) is 0 Å². The standard InChI is InChI=1S/C15H11F3O3/c16-15(17,18)9-21-13-7-2-1-6-12(13)10-4-3-5-11(8-10)14(19)20/h1-8H,9H2,(H,19,20). The van der Waals surface area contributed by atoms with Gasteiger partial charge in [0, 0.05) is 5.56 Å². The zero-order chi connectivity index (χ0) is 15.5. The zero-order valence-corrected chi connectivity index (χ0v) is 10.7. The molecule has 2 aromatic carbocycles. The number of aromatic carboxylic acids is 1. The smallest absolute Gasteiger partial charge is 0.422 e. The molecule has 0 atom stereocenters. The maximum absolute atomic E-state index is 12.2. The average molecular weight is 296 g/mol. The second-order valence-corrected chi connectivity index (χ2v) is 4.29. The molecule has 0 radical (unpaired) electrons. The molecule has 0 saturated heterocycles. The van der Waals surface area contributed by atoms with Crippen LogP contribution in [-0.4, -0.2) is 23.9 Å². The lowest BCUT2D eigenvalue weighted by atomic mass is 10.0. The van der Waals surface area contributed by atoms with Crippen molar-refractivity contribution in [3.63, 3.8) is 0 Å². The highest BCUT2D eigenvalue weighted by atomic mass is 19.4. The van der Waals surface area contributed by atoms with Gasteiger partial charge in [-0.05, 0) is 23.8 Å². The number of para-hydroxylation sites is 1. The number of carboxylic acids is 1. The summed E-state index contributed by atoms with van der Waals surface area (Å²) >= 11 is 0. The van der Waals surface area contributed by atoms with Gasteiger partial charge in [0.2, 0.25) is 0 Å². The van der Waals surface area contributed by atoms with Crippen LogP contribution >= 0.6 is 0 Å². The molecule has 0 aliphatic carbocycles. The molecule has 0 unspecified atom stereocenters. The molecular formula is C15H11F3O3. The quantitative estimate of drug-likeness (QED) is 0.927. The molecule has 0 saturated carbocycles. The Morgan fingerprint density at radius 1 is 1.10 bits per heavy atom. The van der Waals surface area contributed by atoms with Crippen LogP contribution in [0.1, 0.15) is 10.4 Å². The first-order valence-corrected chi connectivity index (χ1v) is 5.99. The van der Waals surface area contributed by atoms with Gasteiger partial charge in [-0.1, -0.05) is 30.3 Å². The number of ether oxygens (including phenoxy) is 1. The van der Waals surface area contributed by atoms with E-state index in [9.17, 15) is 18.0 Å². The first-order chi connectivity index (χ1) is 9.87. The van der Waals surface area contributed by atoms with Crippen molar-refractivity contribution < 1.29 is 27.8 Å². The minimum absolute atomic E-state index is 0.0531. The Bertz CT molecular complexity index is 651. The van der Waals surface area contributed by atoms with Crippen LogP contribution in [0.5, 0.6) is 5.75 Å². The molecule has 0 aliphatic heterocycles. The first-order valence-electron chi connectivity index (χ1n) is 5.99. The van der Waals surface area contributed by atoms with Gasteiger partial charge in [-0.15, -0.1) is 0 Å². The van der Waals surface area contributed by atoms with Crippen molar-refractivity contribution in [1.82, 2.24) is 0 Å². The van der Waals surface area contributed by atoms with E-state index >= 15 is 0 Å². The Morgan fingerprint density at radius 2 is 1.81 bits per heavy atom. The summed E-state index contributed by atoms with van der Waals surface area (Å²) in [5.41, 5.74) is 0.940. The van der Waals surface area contributed by atoms with Crippen LogP contribution in [0.4, 0.5) is 13.2 Å². The van der Waals surface area contributed by atoms with E-state index in [4.69, 9.17) is 9.84 Å². The summed E-state index contributed by atoms with van der Waals surface area (Å²) in [7, 11) is 0. The molecule has 0 amide bonds. The summed E-state index contributed by atoms with van der Waals surface area (Å²) < 4.78 is 41.5. The number of rotatable bonds is 4. The van der Waals surface area contributed by atoms with E-state index in [0.717, 1.165) is 0 Å². The zero-order valence-electron chi connectivity index (χ0n) is 10.7. The summed E-state index contributed by atoms with van der Waals surface area (Å²) in [6.07, 6.45) is -4.43. The van der Waals surface area contributed by atoms with Gasteiger partial charge in [0.25, 0.3) is 0 Å². The molecule has 1 N–H and O–H groups in total. The molecule has 0 spiro atoms. The third-order valence-electron chi connectivity index (χ3n) is 2.70. The number of carboxylic acid groups (broad SMARTS) is 1. The number of hydrogen-bond acceptors (Lipinski definition) is 2. The SMILES string of the molecule is O=C(O)c1cccc(-c2ccccc2OCC(F)(F)F)c1. The Hall–Kier alpha value is -2.50. The topological polar surface area (TPSA) is 46.5 Å². The van der Waals surface area contributed by atoms with E-state index in [-0.39, 0.29) is 11.3 Å². The Labute approximate surface area is 118 Å². The van der Waals surface area contributed by atoms with Gasteiger partial charge in [0.15, 0.2) is 6.61 Å². The molecule has 0 aliphatic rings. The highest BCUT2D eigenvalue weighted by molar-refractivity contribution is 5.89. The molecule has 0 aromatic heterocycles. The van der Waals surface area contributed by atoms with E-state index in [1.165, 1.54) is 24.3 Å². The van der Waals surface area contributed by atoms with Gasteiger partial charge in [0.05, 0.1) is 5.56 Å². The van der Waals surface area contributed by atoms with Crippen molar-refractivity contribution in [2.24, 2.45) is 0 Å². The lowest BCUT2D eigenvalue weighted by Crippen LogP contribution is -2.19. The molecule has 0 heterocycles. The largest absolute Gasteiger partial charge is 0.483 e. The maximum Gasteiger partial charge on any atom is 0.422 e. The maximum atomic E-state index is 12.2. The molecule has 2 rings (SSSR count). The van der Waals surface area contributed by atoms with E-state index < -0.39 is 18.8 Å². The Morgan fingerprint density at radius 3 is 2.48 bits per heavy atom. The predicted molar refractivity (Wildman–Crippen MR) is 70.4 cm³/mol. The van der Waals surface area contributed by atoms with E-state index in [0.29, 0.717) is 11.1 Å². The van der Waals surface area contributed by atoms with Crippen LogP contribution in [0.25, 0.3) is 11.1 Å². The van der Waals surface area contributed by atoms with E-state index in [1.54, 1.807) is 24.3 Å². The molecular weight excluding hydrogens is 285 g/mol. The number of alkyl halides is 3. The van der Waals surface area contributed by atoms with Crippen molar-refractivity contribution in [2.45, 2.75) is 6.18 Å². The van der Waals surface area contributed by atoms with Crippen molar-refractivity contribution in [1.29, 1.82) is 0 Å². The van der Waals surface area contributed by atoms with Gasteiger partial charge >= 0.3 is 12.1 Å². The molecule has 2 aromatic rings. The minimum atomic E-state index is -4.43. The molecule has 110 valence electrons. The number of hydrogen-bond donors (Lipinski definition) is 1. The van der Waals surface area contributed by atoms with E-state index in [1.807, 2.05) is 0 Å². The van der Waals surface area contributed by atoms with Crippen LogP contribution in [0.15, 0.2) is 48.5 Å². The van der Waals surface area contributed by atoms with E-state index in [2.05, 4.69) is 0 Å². The van der Waals surface area contributed by atoms with Crippen molar-refractivity contribution >= 4 is 5.97 Å². The van der Waals surface area contributed by atoms with Crippen LogP contribution in [0, 0.1) is 0 Å². The van der Waals surface area contributed by atoms with Crippen LogP contribution < -0.4 is 4.74 Å². The lowest BCUT2D eigenvalue weighted by molar-refractivity contribution is -0.153. The molecule has 3 nitrogen and oxygen atoms in total. The summed E-state index contributed by atoms with van der Waals surface area (Å²) in [6, 6.07) is 12.1. The minimum Gasteiger partial charge on any atom is -0.483 e. The average Bonchev–Trinajstić information content (AvgIpc) is 2.45. The lowest BCUT2D eigenvalue weighted by Gasteiger charge is -2.13. The number of carbonyl (C=O) groups is 1. The van der Waals surface area contributed by atoms with Gasteiger partial charge in [-0.2, -0.15) is 13.2 Å². The molecule has 0 bridgehead atoms. The Kier molecular flexibility index (Phi) is 4.16. The summed E-state index contributed by atoms with van der Waals surface area (Å²) in [6.45, 7) is -1.40. The fraction of sp³-hybridized carbons (Fsp3) is 0.133. The highest BCUT2D eigenvalue weighted by Crippen LogP contribution is 2.31. The van der Waals surface area contributed by atoms with Crippen LogP contribution in [-0.2, 0) is 0 Å². The summed E-state index contributed by atoms with van der Waals surface area (Å²) in [5.74, 6) is -1.05.